The van der Waals surface area contributed by atoms with E-state index in [1.54, 1.807) is 20.8 Å². The Morgan fingerprint density at radius 1 is 1.00 bits per heavy atom. The number of nitrogens with one attached hydrogen (secondary N) is 1. The molecule has 1 unspecified atom stereocenters. The lowest BCUT2D eigenvalue weighted by Crippen LogP contribution is -2.46. The average molecular weight is 351 g/mol. The highest BCUT2D eigenvalue weighted by Gasteiger charge is 2.30. The highest BCUT2D eigenvalue weighted by Crippen LogP contribution is 2.12. The van der Waals surface area contributed by atoms with E-state index in [9.17, 15) is 14.4 Å². The van der Waals surface area contributed by atoms with Gasteiger partial charge in [-0.3, -0.25) is 4.79 Å². The molecule has 0 saturated heterocycles. The minimum Gasteiger partial charge on any atom is -0.466 e. The van der Waals surface area contributed by atoms with E-state index >= 15 is 0 Å². The number of amides is 1. The van der Waals surface area contributed by atoms with Crippen LogP contribution in [-0.2, 0) is 30.4 Å². The van der Waals surface area contributed by atoms with Crippen LogP contribution in [0.15, 0.2) is 30.3 Å². The van der Waals surface area contributed by atoms with Gasteiger partial charge in [0.2, 0.25) is 0 Å². The minimum atomic E-state index is -0.993. The molecule has 1 aromatic carbocycles. The van der Waals surface area contributed by atoms with Crippen molar-refractivity contribution in [1.29, 1.82) is 0 Å². The number of hydrogen-bond donors (Lipinski definition) is 1. The van der Waals surface area contributed by atoms with E-state index in [1.807, 2.05) is 30.3 Å². The lowest BCUT2D eigenvalue weighted by Gasteiger charge is -2.22. The summed E-state index contributed by atoms with van der Waals surface area (Å²) in [5.74, 6) is -1.55. The molecule has 0 aliphatic rings. The third kappa shape index (κ3) is 7.69. The number of hydrogen-bond acceptors (Lipinski definition) is 6. The summed E-state index contributed by atoms with van der Waals surface area (Å²) in [6.07, 6.45) is -0.770. The van der Waals surface area contributed by atoms with Gasteiger partial charge in [0.15, 0.2) is 0 Å². The van der Waals surface area contributed by atoms with E-state index in [1.165, 1.54) is 0 Å². The maximum absolute atomic E-state index is 12.1. The average Bonchev–Trinajstić information content (AvgIpc) is 2.59. The largest absolute Gasteiger partial charge is 0.466 e. The Balaban J connectivity index is 2.63. The van der Waals surface area contributed by atoms with Gasteiger partial charge in [-0.1, -0.05) is 37.3 Å². The van der Waals surface area contributed by atoms with E-state index < -0.39 is 30.0 Å². The second-order valence-corrected chi connectivity index (χ2v) is 5.42. The molecule has 1 rings (SSSR count). The molecule has 7 heteroatoms. The van der Waals surface area contributed by atoms with Crippen LogP contribution in [0.4, 0.5) is 4.79 Å². The molecule has 0 bridgehead atoms. The van der Waals surface area contributed by atoms with Crippen molar-refractivity contribution in [1.82, 2.24) is 5.32 Å². The highest BCUT2D eigenvalue weighted by molar-refractivity contribution is 5.82. The molecular formula is C18H25NO6. The van der Waals surface area contributed by atoms with Crippen LogP contribution in [0.1, 0.15) is 32.8 Å². The van der Waals surface area contributed by atoms with E-state index in [-0.39, 0.29) is 26.2 Å². The molecule has 0 aliphatic heterocycles. The van der Waals surface area contributed by atoms with E-state index in [2.05, 4.69) is 5.32 Å². The van der Waals surface area contributed by atoms with Gasteiger partial charge in [-0.25, -0.2) is 9.59 Å². The van der Waals surface area contributed by atoms with Gasteiger partial charge in [-0.05, 0) is 25.3 Å². The second-order valence-electron chi connectivity index (χ2n) is 5.42. The summed E-state index contributed by atoms with van der Waals surface area (Å²) < 4.78 is 15.0. The van der Waals surface area contributed by atoms with Crippen LogP contribution in [0, 0.1) is 5.92 Å². The number of alkyl carbamates (subject to hydrolysis) is 1. The van der Waals surface area contributed by atoms with Crippen molar-refractivity contribution in [2.24, 2.45) is 5.92 Å². The molecular weight excluding hydrogens is 326 g/mol. The van der Waals surface area contributed by atoms with Crippen LogP contribution in [0.2, 0.25) is 0 Å². The first kappa shape index (κ1) is 20.5. The van der Waals surface area contributed by atoms with Crippen molar-refractivity contribution in [3.05, 3.63) is 35.9 Å². The van der Waals surface area contributed by atoms with Gasteiger partial charge in [-0.2, -0.15) is 0 Å². The molecule has 1 amide bonds. The molecule has 0 aromatic heterocycles. The Morgan fingerprint density at radius 3 is 2.24 bits per heavy atom. The van der Waals surface area contributed by atoms with Crippen LogP contribution in [0.25, 0.3) is 0 Å². The van der Waals surface area contributed by atoms with Gasteiger partial charge in [0.25, 0.3) is 0 Å². The first-order valence-electron chi connectivity index (χ1n) is 8.27. The maximum atomic E-state index is 12.1. The standard InChI is InChI=1S/C18H25NO6/c1-4-23-15(20)11-13(3)16(17(21)24-5-2)19-18(22)25-12-14-9-7-6-8-10-14/h6-10,13,16H,4-5,11-12H2,1-3H3,(H,19,22)/t13?,16-/m0/s1. The van der Waals surface area contributed by atoms with E-state index in [0.717, 1.165) is 5.56 Å². The van der Waals surface area contributed by atoms with Crippen molar-refractivity contribution < 1.29 is 28.6 Å². The molecule has 0 fully saturated rings. The summed E-state index contributed by atoms with van der Waals surface area (Å²) in [5.41, 5.74) is 0.824. The molecule has 25 heavy (non-hydrogen) atoms. The lowest BCUT2D eigenvalue weighted by atomic mass is 9.98. The molecule has 0 aliphatic carbocycles. The first-order chi connectivity index (χ1) is 12.0. The van der Waals surface area contributed by atoms with Gasteiger partial charge in [-0.15, -0.1) is 0 Å². The Kier molecular flexibility index (Phi) is 9.06. The molecule has 138 valence electrons. The van der Waals surface area contributed by atoms with Crippen molar-refractivity contribution in [3.8, 4) is 0 Å². The number of ether oxygens (including phenoxy) is 3. The van der Waals surface area contributed by atoms with E-state index in [0.29, 0.717) is 0 Å². The minimum absolute atomic E-state index is 0.0176. The predicted octanol–water partition coefficient (Wildman–Crippen LogP) is 2.43. The van der Waals surface area contributed by atoms with Crippen LogP contribution >= 0.6 is 0 Å². The van der Waals surface area contributed by atoms with E-state index in [4.69, 9.17) is 14.2 Å². The van der Waals surface area contributed by atoms with Crippen molar-refractivity contribution in [2.45, 2.75) is 39.8 Å². The smallest absolute Gasteiger partial charge is 0.408 e. The summed E-state index contributed by atoms with van der Waals surface area (Å²) >= 11 is 0. The number of esters is 2. The highest BCUT2D eigenvalue weighted by atomic mass is 16.6. The number of benzene rings is 1. The molecule has 0 radical (unpaired) electrons. The fraction of sp³-hybridized carbons (Fsp3) is 0.500. The zero-order valence-corrected chi connectivity index (χ0v) is 14.8. The lowest BCUT2D eigenvalue weighted by molar-refractivity contribution is -0.149. The third-order valence-corrected chi connectivity index (χ3v) is 3.39. The van der Waals surface area contributed by atoms with Gasteiger partial charge in [0.1, 0.15) is 12.6 Å². The van der Waals surface area contributed by atoms with Gasteiger partial charge in [0, 0.05) is 0 Å². The van der Waals surface area contributed by atoms with Gasteiger partial charge < -0.3 is 19.5 Å². The van der Waals surface area contributed by atoms with Crippen LogP contribution < -0.4 is 5.32 Å². The third-order valence-electron chi connectivity index (χ3n) is 3.39. The quantitative estimate of drug-likeness (QED) is 0.543. The van der Waals surface area contributed by atoms with Crippen molar-refractivity contribution in [2.75, 3.05) is 13.2 Å². The van der Waals surface area contributed by atoms with Crippen molar-refractivity contribution in [3.63, 3.8) is 0 Å². The summed E-state index contributed by atoms with van der Waals surface area (Å²) in [6.45, 7) is 5.53. The predicted molar refractivity (Wildman–Crippen MR) is 90.6 cm³/mol. The van der Waals surface area contributed by atoms with Crippen LogP contribution in [-0.4, -0.2) is 37.3 Å². The summed E-state index contributed by atoms with van der Waals surface area (Å²) in [4.78, 5) is 35.7. The molecule has 0 heterocycles. The molecule has 0 spiro atoms. The molecule has 1 aromatic rings. The number of carbonyl (C=O) groups is 3. The van der Waals surface area contributed by atoms with Crippen LogP contribution in [0.5, 0.6) is 0 Å². The zero-order valence-electron chi connectivity index (χ0n) is 14.8. The summed E-state index contributed by atoms with van der Waals surface area (Å²) in [6, 6.07) is 8.17. The SMILES string of the molecule is CCOC(=O)CC(C)[C@H](NC(=O)OCc1ccccc1)C(=O)OCC. The molecule has 7 nitrogen and oxygen atoms in total. The Labute approximate surface area is 147 Å². The molecule has 2 atom stereocenters. The number of rotatable bonds is 9. The first-order valence-corrected chi connectivity index (χ1v) is 8.27. The fourth-order valence-electron chi connectivity index (χ4n) is 2.16. The Morgan fingerprint density at radius 2 is 1.64 bits per heavy atom. The Bertz CT molecular complexity index is 560. The maximum Gasteiger partial charge on any atom is 0.408 e. The van der Waals surface area contributed by atoms with Crippen molar-refractivity contribution >= 4 is 18.0 Å². The Hall–Kier alpha value is -2.57. The monoisotopic (exact) mass is 351 g/mol. The summed E-state index contributed by atoms with van der Waals surface area (Å²) in [5, 5.41) is 2.48. The summed E-state index contributed by atoms with van der Waals surface area (Å²) in [7, 11) is 0. The van der Waals surface area contributed by atoms with Crippen LogP contribution in [0.3, 0.4) is 0 Å². The fourth-order valence-corrected chi connectivity index (χ4v) is 2.16. The van der Waals surface area contributed by atoms with Gasteiger partial charge in [0.05, 0.1) is 19.6 Å². The zero-order chi connectivity index (χ0) is 18.7. The topological polar surface area (TPSA) is 90.9 Å². The molecule has 1 N–H and O–H groups in total. The molecule has 0 saturated carbocycles. The second kappa shape index (κ2) is 11.1. The normalized spacial score (nSPS) is 12.6. The number of carbonyl (C=O) groups excluding carboxylic acids is 3. The van der Waals surface area contributed by atoms with Gasteiger partial charge >= 0.3 is 18.0 Å².